The van der Waals surface area contributed by atoms with E-state index in [0.29, 0.717) is 19.0 Å². The number of ether oxygens (including phenoxy) is 1. The molecule has 0 spiro atoms. The van der Waals surface area contributed by atoms with E-state index in [9.17, 15) is 9.18 Å². The number of hydrogen-bond acceptors (Lipinski definition) is 8. The number of aromatic nitrogens is 3. The van der Waals surface area contributed by atoms with Gasteiger partial charge in [0.2, 0.25) is 5.56 Å². The number of anilines is 2. The van der Waals surface area contributed by atoms with Crippen LogP contribution < -0.4 is 15.8 Å². The molecule has 4 heterocycles. The number of hydrogen-bond donors (Lipinski definition) is 2. The summed E-state index contributed by atoms with van der Waals surface area (Å²) in [7, 11) is 0. The first-order chi connectivity index (χ1) is 18.6. The predicted octanol–water partition coefficient (Wildman–Crippen LogP) is 5.72. The highest BCUT2D eigenvalue weighted by atomic mass is 32.2. The Balaban J connectivity index is 1.27. The van der Waals surface area contributed by atoms with Gasteiger partial charge in [0.1, 0.15) is 12.7 Å². The highest BCUT2D eigenvalue weighted by molar-refractivity contribution is 8.05. The Kier molecular flexibility index (Phi) is 7.10. The van der Waals surface area contributed by atoms with Gasteiger partial charge in [-0.1, -0.05) is 35.7 Å². The van der Waals surface area contributed by atoms with Crippen LogP contribution in [-0.2, 0) is 4.74 Å². The van der Waals surface area contributed by atoms with Crippen molar-refractivity contribution in [1.29, 1.82) is 0 Å². The summed E-state index contributed by atoms with van der Waals surface area (Å²) in [6, 6.07) is 15.3. The van der Waals surface area contributed by atoms with E-state index in [1.807, 2.05) is 31.2 Å². The quantitative estimate of drug-likeness (QED) is 0.280. The summed E-state index contributed by atoms with van der Waals surface area (Å²) in [6.45, 7) is 4.14. The van der Waals surface area contributed by atoms with Crippen molar-refractivity contribution in [2.75, 3.05) is 43.2 Å². The molecular weight excluding hydrogens is 521 g/mol. The van der Waals surface area contributed by atoms with E-state index in [1.165, 1.54) is 0 Å². The molecule has 0 saturated carbocycles. The summed E-state index contributed by atoms with van der Waals surface area (Å²) >= 11 is 3.35. The summed E-state index contributed by atoms with van der Waals surface area (Å²) in [5.41, 5.74) is 4.33. The van der Waals surface area contributed by atoms with Crippen molar-refractivity contribution in [2.24, 2.45) is 0 Å². The van der Waals surface area contributed by atoms with Crippen LogP contribution in [0.5, 0.6) is 0 Å². The molecule has 38 heavy (non-hydrogen) atoms. The fraction of sp³-hybridized carbons (Fsp3) is 0.250. The zero-order chi connectivity index (χ0) is 26.1. The van der Waals surface area contributed by atoms with Crippen LogP contribution in [0.15, 0.2) is 85.3 Å². The van der Waals surface area contributed by atoms with Crippen LogP contribution in [0.2, 0.25) is 0 Å². The molecule has 2 aromatic carbocycles. The first-order valence-corrected chi connectivity index (χ1v) is 14.0. The smallest absolute Gasteiger partial charge is 0.250 e. The zero-order valence-corrected chi connectivity index (χ0v) is 22.4. The average molecular weight is 548 g/mol. The molecule has 2 aliphatic heterocycles. The summed E-state index contributed by atoms with van der Waals surface area (Å²) in [5, 5.41) is 3.24. The summed E-state index contributed by atoms with van der Waals surface area (Å²) in [4.78, 5) is 30.8. The van der Waals surface area contributed by atoms with Gasteiger partial charge in [0.15, 0.2) is 5.82 Å². The van der Waals surface area contributed by atoms with Crippen molar-refractivity contribution in [3.63, 3.8) is 0 Å². The molecule has 194 valence electrons. The Morgan fingerprint density at radius 1 is 1.05 bits per heavy atom. The molecular formula is C28H26FN5O2S2. The number of nitrogens with zero attached hydrogens (tertiary/aromatic N) is 3. The van der Waals surface area contributed by atoms with Crippen molar-refractivity contribution < 1.29 is 9.13 Å². The Hall–Kier alpha value is -3.34. The number of aromatic amines is 1. The number of fused-ring (bicyclic) bond motifs is 2. The maximum absolute atomic E-state index is 13.9. The maximum Gasteiger partial charge on any atom is 0.250 e. The van der Waals surface area contributed by atoms with Crippen molar-refractivity contribution in [3.8, 4) is 11.3 Å². The molecule has 6 rings (SSSR count). The number of halogens is 1. The first kappa shape index (κ1) is 25.0. The van der Waals surface area contributed by atoms with Gasteiger partial charge in [-0.05, 0) is 42.8 Å². The van der Waals surface area contributed by atoms with Crippen molar-refractivity contribution in [2.45, 2.75) is 32.5 Å². The topological polar surface area (TPSA) is 83.1 Å². The molecule has 0 aliphatic carbocycles. The van der Waals surface area contributed by atoms with E-state index in [0.717, 1.165) is 60.9 Å². The third-order valence-corrected chi connectivity index (χ3v) is 9.05. The largest absolute Gasteiger partial charge is 0.378 e. The van der Waals surface area contributed by atoms with E-state index in [1.54, 1.807) is 42.0 Å². The number of H-pyrrole nitrogens is 1. The minimum atomic E-state index is -0.621. The van der Waals surface area contributed by atoms with E-state index in [4.69, 9.17) is 4.74 Å². The molecule has 4 aromatic rings. The Bertz CT molecular complexity index is 1520. The zero-order valence-electron chi connectivity index (χ0n) is 20.7. The Morgan fingerprint density at radius 3 is 2.66 bits per heavy atom. The van der Waals surface area contributed by atoms with Crippen molar-refractivity contribution in [3.05, 3.63) is 82.7 Å². The van der Waals surface area contributed by atoms with Gasteiger partial charge in [-0.15, -0.1) is 0 Å². The summed E-state index contributed by atoms with van der Waals surface area (Å²) in [6.07, 6.45) is 3.40. The van der Waals surface area contributed by atoms with Gasteiger partial charge in [0.05, 0.1) is 18.9 Å². The lowest BCUT2D eigenvalue weighted by molar-refractivity contribution is 0.122. The van der Waals surface area contributed by atoms with Gasteiger partial charge < -0.3 is 19.9 Å². The number of alkyl halides is 1. The summed E-state index contributed by atoms with van der Waals surface area (Å²) < 4.78 is 19.3. The lowest BCUT2D eigenvalue weighted by atomic mass is 10.1. The van der Waals surface area contributed by atoms with E-state index in [-0.39, 0.29) is 5.56 Å². The highest BCUT2D eigenvalue weighted by Gasteiger charge is 2.23. The monoisotopic (exact) mass is 547 g/mol. The van der Waals surface area contributed by atoms with Gasteiger partial charge in [-0.2, -0.15) is 0 Å². The van der Waals surface area contributed by atoms with Crippen molar-refractivity contribution in [1.82, 2.24) is 15.0 Å². The standard InChI is InChI=1S/C28H26FN5O2S2/c1-17-15-30-28(31-16-17)22(14-29)32-18-5-6-23-25(11-18)37-24-4-2-3-20(27(24)38-23)21-12-19(13-26(35)33-21)34-7-9-36-10-8-34/h2-6,11-13,15-16,22,32H,7-10,14H2,1H3,(H,33,35). The number of rotatable bonds is 6. The molecule has 10 heteroatoms. The number of nitrogens with one attached hydrogen (secondary N) is 2. The average Bonchev–Trinajstić information content (AvgIpc) is 2.95. The normalized spacial score (nSPS) is 15.5. The van der Waals surface area contributed by atoms with Crippen LogP contribution in [0, 0.1) is 6.92 Å². The molecule has 2 N–H and O–H groups in total. The SMILES string of the molecule is Cc1cnc(C(CF)Nc2ccc3c(c2)Sc2cccc(-c4cc(N5CCOCC5)cc(=O)[nH]4)c2S3)nc1. The second kappa shape index (κ2) is 10.8. The van der Waals surface area contributed by atoms with E-state index >= 15 is 0 Å². The van der Waals surface area contributed by atoms with E-state index in [2.05, 4.69) is 43.4 Å². The van der Waals surface area contributed by atoms with Crippen LogP contribution in [0.3, 0.4) is 0 Å². The molecule has 1 atom stereocenters. The molecule has 2 aliphatic rings. The second-order valence-corrected chi connectivity index (χ2v) is 11.3. The number of pyridine rings is 1. The van der Waals surface area contributed by atoms with E-state index < -0.39 is 12.7 Å². The number of benzene rings is 2. The van der Waals surface area contributed by atoms with Gasteiger partial charge >= 0.3 is 0 Å². The van der Waals surface area contributed by atoms with Gasteiger partial charge in [-0.3, -0.25) is 4.79 Å². The molecule has 1 saturated heterocycles. The molecule has 0 radical (unpaired) electrons. The fourth-order valence-corrected chi connectivity index (χ4v) is 6.95. The van der Waals surface area contributed by atoms with Crippen LogP contribution in [0.4, 0.5) is 15.8 Å². The second-order valence-electron chi connectivity index (χ2n) is 9.18. The minimum Gasteiger partial charge on any atom is -0.378 e. The van der Waals surface area contributed by atoms with Gasteiger partial charge in [-0.25, -0.2) is 14.4 Å². The first-order valence-electron chi connectivity index (χ1n) is 12.4. The van der Waals surface area contributed by atoms with Gasteiger partial charge in [0, 0.05) is 68.1 Å². The highest BCUT2D eigenvalue weighted by Crippen LogP contribution is 2.52. The minimum absolute atomic E-state index is 0.119. The van der Waals surface area contributed by atoms with Crippen molar-refractivity contribution >= 4 is 34.9 Å². The lowest BCUT2D eigenvalue weighted by Crippen LogP contribution is -2.36. The Labute approximate surface area is 228 Å². The fourth-order valence-electron chi connectivity index (χ4n) is 4.54. The molecule has 1 unspecified atom stereocenters. The predicted molar refractivity (Wildman–Crippen MR) is 149 cm³/mol. The molecule has 1 fully saturated rings. The van der Waals surface area contributed by atoms with Gasteiger partial charge in [0.25, 0.3) is 0 Å². The third-order valence-electron chi connectivity index (χ3n) is 6.46. The number of aryl methyl sites for hydroxylation is 1. The van der Waals surface area contributed by atoms with Crippen LogP contribution in [-0.4, -0.2) is 47.9 Å². The molecule has 0 amide bonds. The summed E-state index contributed by atoms with van der Waals surface area (Å²) in [5.74, 6) is 0.432. The van der Waals surface area contributed by atoms with Crippen LogP contribution in [0.25, 0.3) is 11.3 Å². The third kappa shape index (κ3) is 5.16. The lowest BCUT2D eigenvalue weighted by Gasteiger charge is -2.29. The molecule has 0 bridgehead atoms. The van der Waals surface area contributed by atoms with Crippen LogP contribution in [0.1, 0.15) is 17.4 Å². The Morgan fingerprint density at radius 2 is 1.87 bits per heavy atom. The molecule has 7 nitrogen and oxygen atoms in total. The maximum atomic E-state index is 13.9. The number of morpholine rings is 1. The molecule has 2 aromatic heterocycles. The van der Waals surface area contributed by atoms with Crippen LogP contribution >= 0.6 is 23.5 Å².